The Balaban J connectivity index is 2.09. The fourth-order valence-corrected chi connectivity index (χ4v) is 1.04. The highest BCUT2D eigenvalue weighted by Gasteiger charge is 2.21. The van der Waals surface area contributed by atoms with Gasteiger partial charge < -0.3 is 10.1 Å². The summed E-state index contributed by atoms with van der Waals surface area (Å²) in [5, 5.41) is 3.11. The lowest BCUT2D eigenvalue weighted by Gasteiger charge is -2.26. The first-order valence-corrected chi connectivity index (χ1v) is 4.08. The molecule has 1 rings (SSSR count). The SMILES string of the molecule is CC(C)OC(=O)CC1CNC1. The lowest BCUT2D eigenvalue weighted by Crippen LogP contribution is -2.43. The van der Waals surface area contributed by atoms with Gasteiger partial charge in [-0.05, 0) is 32.9 Å². The Labute approximate surface area is 67.1 Å². The highest BCUT2D eigenvalue weighted by atomic mass is 16.5. The Morgan fingerprint density at radius 3 is 2.64 bits per heavy atom. The molecule has 0 aromatic rings. The second kappa shape index (κ2) is 3.72. The molecular weight excluding hydrogens is 142 g/mol. The lowest BCUT2D eigenvalue weighted by atomic mass is 10.00. The first-order valence-electron chi connectivity index (χ1n) is 4.08. The van der Waals surface area contributed by atoms with Crippen molar-refractivity contribution in [1.82, 2.24) is 5.32 Å². The molecule has 1 aliphatic heterocycles. The van der Waals surface area contributed by atoms with Crippen LogP contribution in [-0.2, 0) is 9.53 Å². The van der Waals surface area contributed by atoms with E-state index in [4.69, 9.17) is 4.74 Å². The minimum Gasteiger partial charge on any atom is -0.463 e. The molecule has 0 aromatic heterocycles. The standard InChI is InChI=1S/C8H15NO2/c1-6(2)11-8(10)3-7-4-9-5-7/h6-7,9H,3-5H2,1-2H3. The van der Waals surface area contributed by atoms with Crippen molar-refractivity contribution < 1.29 is 9.53 Å². The van der Waals surface area contributed by atoms with Crippen molar-refractivity contribution in [2.24, 2.45) is 5.92 Å². The summed E-state index contributed by atoms with van der Waals surface area (Å²) >= 11 is 0. The van der Waals surface area contributed by atoms with Gasteiger partial charge in [0.25, 0.3) is 0 Å². The van der Waals surface area contributed by atoms with Gasteiger partial charge in [-0.15, -0.1) is 0 Å². The second-order valence-corrected chi connectivity index (χ2v) is 3.27. The molecule has 0 atom stereocenters. The van der Waals surface area contributed by atoms with E-state index in [1.807, 2.05) is 13.8 Å². The van der Waals surface area contributed by atoms with Gasteiger partial charge in [-0.25, -0.2) is 0 Å². The van der Waals surface area contributed by atoms with E-state index in [0.717, 1.165) is 13.1 Å². The first-order chi connectivity index (χ1) is 5.18. The Hall–Kier alpha value is -0.570. The maximum absolute atomic E-state index is 11.0. The van der Waals surface area contributed by atoms with E-state index >= 15 is 0 Å². The molecule has 1 N–H and O–H groups in total. The summed E-state index contributed by atoms with van der Waals surface area (Å²) in [6.07, 6.45) is 0.598. The van der Waals surface area contributed by atoms with E-state index in [1.165, 1.54) is 0 Å². The highest BCUT2D eigenvalue weighted by Crippen LogP contribution is 2.09. The van der Waals surface area contributed by atoms with Crippen molar-refractivity contribution in [3.8, 4) is 0 Å². The van der Waals surface area contributed by atoms with Crippen LogP contribution in [0.3, 0.4) is 0 Å². The van der Waals surface area contributed by atoms with Crippen molar-refractivity contribution in [2.45, 2.75) is 26.4 Å². The molecule has 11 heavy (non-hydrogen) atoms. The van der Waals surface area contributed by atoms with Crippen LogP contribution in [0, 0.1) is 5.92 Å². The molecule has 0 bridgehead atoms. The molecular formula is C8H15NO2. The predicted molar refractivity (Wildman–Crippen MR) is 42.2 cm³/mol. The van der Waals surface area contributed by atoms with Crippen LogP contribution in [0.4, 0.5) is 0 Å². The molecule has 1 saturated heterocycles. The van der Waals surface area contributed by atoms with Crippen LogP contribution in [-0.4, -0.2) is 25.2 Å². The van der Waals surface area contributed by atoms with E-state index in [2.05, 4.69) is 5.32 Å². The van der Waals surface area contributed by atoms with E-state index < -0.39 is 0 Å². The van der Waals surface area contributed by atoms with Gasteiger partial charge in [0, 0.05) is 0 Å². The highest BCUT2D eigenvalue weighted by molar-refractivity contribution is 5.70. The molecule has 0 spiro atoms. The summed E-state index contributed by atoms with van der Waals surface area (Å²) in [7, 11) is 0. The third-order valence-electron chi connectivity index (χ3n) is 1.69. The summed E-state index contributed by atoms with van der Waals surface area (Å²) in [6, 6.07) is 0. The quantitative estimate of drug-likeness (QED) is 0.608. The fourth-order valence-electron chi connectivity index (χ4n) is 1.04. The smallest absolute Gasteiger partial charge is 0.306 e. The van der Waals surface area contributed by atoms with Crippen molar-refractivity contribution in [3.05, 3.63) is 0 Å². The van der Waals surface area contributed by atoms with Crippen LogP contribution in [0.25, 0.3) is 0 Å². The molecule has 1 fully saturated rings. The van der Waals surface area contributed by atoms with Crippen molar-refractivity contribution in [2.75, 3.05) is 13.1 Å². The molecule has 0 amide bonds. The van der Waals surface area contributed by atoms with Gasteiger partial charge in [-0.1, -0.05) is 0 Å². The zero-order chi connectivity index (χ0) is 8.27. The minimum absolute atomic E-state index is 0.0236. The Morgan fingerprint density at radius 1 is 1.64 bits per heavy atom. The summed E-state index contributed by atoms with van der Waals surface area (Å²) in [5.74, 6) is 0.452. The number of esters is 1. The van der Waals surface area contributed by atoms with Gasteiger partial charge in [-0.3, -0.25) is 4.79 Å². The fraction of sp³-hybridized carbons (Fsp3) is 0.875. The molecule has 0 unspecified atom stereocenters. The van der Waals surface area contributed by atoms with Gasteiger partial charge in [-0.2, -0.15) is 0 Å². The molecule has 1 heterocycles. The Bertz CT molecular complexity index is 141. The van der Waals surface area contributed by atoms with Gasteiger partial charge in [0.2, 0.25) is 0 Å². The summed E-state index contributed by atoms with van der Waals surface area (Å²) in [5.41, 5.74) is 0. The monoisotopic (exact) mass is 157 g/mol. The van der Waals surface area contributed by atoms with Crippen LogP contribution < -0.4 is 5.32 Å². The Kier molecular flexibility index (Phi) is 2.88. The van der Waals surface area contributed by atoms with E-state index in [1.54, 1.807) is 0 Å². The lowest BCUT2D eigenvalue weighted by molar-refractivity contribution is -0.148. The maximum atomic E-state index is 11.0. The zero-order valence-electron chi connectivity index (χ0n) is 7.09. The Morgan fingerprint density at radius 2 is 2.27 bits per heavy atom. The van der Waals surface area contributed by atoms with Crippen LogP contribution in [0.1, 0.15) is 20.3 Å². The number of rotatable bonds is 3. The molecule has 64 valence electrons. The number of hydrogen-bond acceptors (Lipinski definition) is 3. The predicted octanol–water partition coefficient (Wildman–Crippen LogP) is 0.547. The number of hydrogen-bond donors (Lipinski definition) is 1. The summed E-state index contributed by atoms with van der Waals surface area (Å²) in [6.45, 7) is 5.67. The molecule has 3 heteroatoms. The molecule has 1 aliphatic rings. The average Bonchev–Trinajstić information content (AvgIpc) is 1.77. The third kappa shape index (κ3) is 2.89. The maximum Gasteiger partial charge on any atom is 0.306 e. The minimum atomic E-state index is -0.0634. The zero-order valence-corrected chi connectivity index (χ0v) is 7.09. The topological polar surface area (TPSA) is 38.3 Å². The third-order valence-corrected chi connectivity index (χ3v) is 1.69. The molecule has 0 radical (unpaired) electrons. The largest absolute Gasteiger partial charge is 0.463 e. The molecule has 3 nitrogen and oxygen atoms in total. The normalized spacial score (nSPS) is 18.1. The van der Waals surface area contributed by atoms with Crippen LogP contribution in [0.2, 0.25) is 0 Å². The molecule has 0 aromatic carbocycles. The van der Waals surface area contributed by atoms with Gasteiger partial charge in [0.15, 0.2) is 0 Å². The van der Waals surface area contributed by atoms with Crippen molar-refractivity contribution in [1.29, 1.82) is 0 Å². The summed E-state index contributed by atoms with van der Waals surface area (Å²) in [4.78, 5) is 11.0. The number of carbonyl (C=O) groups excluding carboxylic acids is 1. The van der Waals surface area contributed by atoms with Gasteiger partial charge >= 0.3 is 5.97 Å². The van der Waals surface area contributed by atoms with E-state index in [0.29, 0.717) is 12.3 Å². The summed E-state index contributed by atoms with van der Waals surface area (Å²) < 4.78 is 4.99. The molecule has 0 saturated carbocycles. The van der Waals surface area contributed by atoms with Crippen LogP contribution in [0.5, 0.6) is 0 Å². The van der Waals surface area contributed by atoms with Crippen LogP contribution >= 0.6 is 0 Å². The van der Waals surface area contributed by atoms with E-state index in [9.17, 15) is 4.79 Å². The average molecular weight is 157 g/mol. The second-order valence-electron chi connectivity index (χ2n) is 3.27. The first kappa shape index (κ1) is 8.53. The van der Waals surface area contributed by atoms with Crippen molar-refractivity contribution >= 4 is 5.97 Å². The van der Waals surface area contributed by atoms with E-state index in [-0.39, 0.29) is 12.1 Å². The number of carbonyl (C=O) groups is 1. The molecule has 0 aliphatic carbocycles. The van der Waals surface area contributed by atoms with Gasteiger partial charge in [0.1, 0.15) is 0 Å². The van der Waals surface area contributed by atoms with Gasteiger partial charge in [0.05, 0.1) is 12.5 Å². The van der Waals surface area contributed by atoms with Crippen molar-refractivity contribution in [3.63, 3.8) is 0 Å². The number of nitrogens with one attached hydrogen (secondary N) is 1. The van der Waals surface area contributed by atoms with Crippen LogP contribution in [0.15, 0.2) is 0 Å². The number of ether oxygens (including phenoxy) is 1.